The van der Waals surface area contributed by atoms with Crippen LogP contribution in [0.4, 0.5) is 0 Å². The maximum absolute atomic E-state index is 13.0. The van der Waals surface area contributed by atoms with Gasteiger partial charge in [0, 0.05) is 12.3 Å². The van der Waals surface area contributed by atoms with Crippen LogP contribution in [0.25, 0.3) is 0 Å². The summed E-state index contributed by atoms with van der Waals surface area (Å²) < 4.78 is 111. The lowest BCUT2D eigenvalue weighted by molar-refractivity contribution is -0.411. The van der Waals surface area contributed by atoms with Gasteiger partial charge in [-0.25, -0.2) is 0 Å². The molecular weight excluding hydrogens is 1490 g/mol. The summed E-state index contributed by atoms with van der Waals surface area (Å²) in [4.78, 5) is 0. The maximum atomic E-state index is 13.0. The zero-order valence-electron chi connectivity index (χ0n) is 62.5. The lowest BCUT2D eigenvalue weighted by Crippen LogP contribution is -2.69. The second-order valence-corrected chi connectivity index (χ2v) is 34.2. The van der Waals surface area contributed by atoms with Crippen molar-refractivity contribution in [3.05, 3.63) is 0 Å². The molecule has 10 saturated heterocycles. The average molecular weight is 1610 g/mol. The molecule has 0 amide bonds. The van der Waals surface area contributed by atoms with Gasteiger partial charge in [0.15, 0.2) is 56.1 Å². The van der Waals surface area contributed by atoms with E-state index in [1.54, 1.807) is 0 Å². The Bertz CT molecular complexity index is 3000. The van der Waals surface area contributed by atoms with E-state index in [1.165, 1.54) is 6.92 Å². The molecule has 10 aliphatic heterocycles. The van der Waals surface area contributed by atoms with Gasteiger partial charge in [-0.15, -0.1) is 0 Å². The molecule has 14 rings (SSSR count). The first-order chi connectivity index (χ1) is 52.8. The highest BCUT2D eigenvalue weighted by Gasteiger charge is 2.70. The zero-order valence-corrected chi connectivity index (χ0v) is 62.5. The second kappa shape index (κ2) is 34.5. The van der Waals surface area contributed by atoms with Crippen LogP contribution in [0.2, 0.25) is 0 Å². The van der Waals surface area contributed by atoms with E-state index in [-0.39, 0.29) is 28.8 Å². The van der Waals surface area contributed by atoms with Gasteiger partial charge in [0.25, 0.3) is 0 Å². The molecule has 640 valence electrons. The Morgan fingerprint density at radius 1 is 0.360 bits per heavy atom. The fourth-order valence-corrected chi connectivity index (χ4v) is 21.2. The fraction of sp³-hybridized carbons (Fsp3) is 1.00. The highest BCUT2D eigenvalue weighted by atomic mass is 16.8. The molecule has 1 spiro atoms. The van der Waals surface area contributed by atoms with Crippen molar-refractivity contribution in [2.24, 2.45) is 52.3 Å². The van der Waals surface area contributed by atoms with Gasteiger partial charge in [-0.1, -0.05) is 27.7 Å². The first kappa shape index (κ1) is 85.8. The lowest BCUT2D eigenvalue weighted by Gasteiger charge is -2.61. The smallest absolute Gasteiger partial charge is 0.187 e. The molecule has 0 unspecified atom stereocenters. The van der Waals surface area contributed by atoms with Gasteiger partial charge in [-0.05, 0) is 111 Å². The number of aliphatic hydroxyl groups excluding tert-OH is 21. The minimum absolute atomic E-state index is 0.0711. The van der Waals surface area contributed by atoms with Gasteiger partial charge in [-0.3, -0.25) is 0 Å². The summed E-state index contributed by atoms with van der Waals surface area (Å²) in [6.45, 7) is 5.53. The quantitative estimate of drug-likeness (QED) is 0.0475. The first-order valence-electron chi connectivity index (χ1n) is 39.5. The molecule has 0 radical (unpaired) electrons. The van der Waals surface area contributed by atoms with Crippen LogP contribution in [-0.2, 0) is 85.3 Å². The maximum Gasteiger partial charge on any atom is 0.187 e. The summed E-state index contributed by atoms with van der Waals surface area (Å²) in [5, 5.41) is 234. The van der Waals surface area contributed by atoms with Crippen LogP contribution >= 0.6 is 0 Å². The molecule has 14 aliphatic rings. The highest BCUT2D eigenvalue weighted by Crippen LogP contribution is 2.72. The van der Waals surface area contributed by atoms with Crippen LogP contribution in [0.3, 0.4) is 0 Å². The van der Waals surface area contributed by atoms with Crippen molar-refractivity contribution in [1.82, 2.24) is 0 Å². The summed E-state index contributed by atoms with van der Waals surface area (Å²) in [6, 6.07) is 0. The number of rotatable bonds is 21. The van der Waals surface area contributed by atoms with Crippen LogP contribution in [0.5, 0.6) is 0 Å². The standard InChI is InChI=1S/C72H118O39/c1-24-8-13-72(97-20-24)25(2)40-34(111-72)15-31-29-7-6-27-14-28(9-11-70(27,4)30(29)10-12-71(31,40)5)99-68-60(109-65-51(89)47(85)41(79)26(3)98-65)53(91)57(38(19-76)103-68)106-69-61(110-63-49(87)42(80)32(77)21-94-63)59(45(83)37(18-75)102-69)108-64-54(92)56(33(78)22-95-64)105-67-55(93)58(107-66-52(90)48(86)43(81)35(16-73)101-66)46(84)39(104-67)23-96-62-50(88)44(82)36(17-74)100-62/h24-69,73-93H,6-23H2,1-5H3/t24-,25-,26-,27-,28-,29+,30-,31-,32-,33+,34-,35+,36-,37+,38+,39+,40-,41-,42-,43+,44-,45+,46+,47+,48-,49+,50+,51+,52+,53-,54+,55+,56-,57-,58-,59-,60+,61+,62+,63-,64-,65-,66-,67-,68+,69-,70-,71-,72+/m0/s1. The lowest BCUT2D eigenvalue weighted by atomic mass is 9.44. The third kappa shape index (κ3) is 16.0. The summed E-state index contributed by atoms with van der Waals surface area (Å²) in [5.74, 6) is 2.20. The summed E-state index contributed by atoms with van der Waals surface area (Å²) in [5.41, 5.74) is 0.0218. The monoisotopic (exact) mass is 1610 g/mol. The predicted octanol–water partition coefficient (Wildman–Crippen LogP) is -8.67. The Morgan fingerprint density at radius 2 is 0.874 bits per heavy atom. The van der Waals surface area contributed by atoms with Crippen molar-refractivity contribution >= 4 is 0 Å². The molecule has 49 atom stereocenters. The van der Waals surface area contributed by atoms with Crippen molar-refractivity contribution in [2.75, 3.05) is 52.9 Å². The third-order valence-corrected chi connectivity index (χ3v) is 27.7. The Hall–Kier alpha value is -1.56. The number of hydrogen-bond donors (Lipinski definition) is 21. The number of fused-ring (bicyclic) bond motifs is 7. The van der Waals surface area contributed by atoms with Crippen LogP contribution in [0.1, 0.15) is 98.8 Å². The molecule has 14 fully saturated rings. The SMILES string of the molecule is C[C@H]1CC[C@@]2(OC1)O[C@H]1C[C@H]3[C@@H]4CC[C@H]5C[C@@H](O[C@@H]6O[C@H](CO)[C@H](O[C@@H]7O[C@H](CO)[C@@H](O)[C@H](O[C@@H]8OC[C@@H](O)[C@H](O[C@@H]9O[C@H](CO[C@@H]%10O[C@@H](CO)[C@H](O)[C@H]%10O)[C@@H](O)[C@H](O[C@@H]%10O[C@H](CO)[C@@H](O)[C@H](O)[C@H]%10O)[C@H]9O)[C@H]8O)[C@H]7O[C@@H]7OC[C@H](O)[C@H](O)[C@H]7O)[C@H](O)[C@H]6O[C@@H]6O[C@@H](C)[C@H](O)[C@@H](O)[C@H]6O)CC[C@]5(C)[C@H]4CC[C@]3(C)[C@H]1[C@@H]2C. The second-order valence-electron chi connectivity index (χ2n) is 34.2. The van der Waals surface area contributed by atoms with E-state index in [4.69, 9.17) is 85.3 Å². The molecule has 0 bridgehead atoms. The molecule has 10 heterocycles. The van der Waals surface area contributed by atoms with Crippen LogP contribution in [0, 0.1) is 52.3 Å². The summed E-state index contributed by atoms with van der Waals surface area (Å²) in [6.07, 6.45) is -61.6. The van der Waals surface area contributed by atoms with E-state index in [0.29, 0.717) is 49.0 Å². The van der Waals surface area contributed by atoms with E-state index < -0.39 is 285 Å². The topological polar surface area (TPSA) is 591 Å². The molecule has 4 saturated carbocycles. The molecular formula is C72H118O39. The van der Waals surface area contributed by atoms with Gasteiger partial charge < -0.3 is 193 Å². The molecule has 0 aromatic carbocycles. The van der Waals surface area contributed by atoms with Crippen molar-refractivity contribution in [2.45, 2.75) is 344 Å². The summed E-state index contributed by atoms with van der Waals surface area (Å²) in [7, 11) is 0. The van der Waals surface area contributed by atoms with Gasteiger partial charge >= 0.3 is 0 Å². The van der Waals surface area contributed by atoms with Crippen molar-refractivity contribution in [3.8, 4) is 0 Å². The largest absolute Gasteiger partial charge is 0.394 e. The molecule has 4 aliphatic carbocycles. The van der Waals surface area contributed by atoms with E-state index in [0.717, 1.165) is 51.4 Å². The van der Waals surface area contributed by atoms with Gasteiger partial charge in [0.2, 0.25) is 0 Å². The van der Waals surface area contributed by atoms with Gasteiger partial charge in [0.05, 0.1) is 71.2 Å². The molecule has 0 aromatic rings. The number of hydrogen-bond acceptors (Lipinski definition) is 39. The molecule has 0 aromatic heterocycles. The summed E-state index contributed by atoms with van der Waals surface area (Å²) >= 11 is 0. The Morgan fingerprint density at radius 3 is 1.56 bits per heavy atom. The first-order valence-corrected chi connectivity index (χ1v) is 39.5. The van der Waals surface area contributed by atoms with E-state index >= 15 is 0 Å². The fourth-order valence-electron chi connectivity index (χ4n) is 21.2. The van der Waals surface area contributed by atoms with Gasteiger partial charge in [-0.2, -0.15) is 0 Å². The highest BCUT2D eigenvalue weighted by molar-refractivity contribution is 5.16. The van der Waals surface area contributed by atoms with E-state index in [2.05, 4.69) is 27.7 Å². The zero-order chi connectivity index (χ0) is 79.5. The average Bonchev–Trinajstić information content (AvgIpc) is 1.54. The van der Waals surface area contributed by atoms with Crippen molar-refractivity contribution < 1.29 is 193 Å². The van der Waals surface area contributed by atoms with E-state index in [1.807, 2.05) is 0 Å². The number of ether oxygens (including phenoxy) is 18. The van der Waals surface area contributed by atoms with Crippen molar-refractivity contribution in [1.29, 1.82) is 0 Å². The van der Waals surface area contributed by atoms with Crippen molar-refractivity contribution in [3.63, 3.8) is 0 Å². The van der Waals surface area contributed by atoms with Crippen LogP contribution in [-0.4, -0.2) is 405 Å². The van der Waals surface area contributed by atoms with E-state index in [9.17, 15) is 107 Å². The Labute approximate surface area is 639 Å². The molecule has 21 N–H and O–H groups in total. The Kier molecular flexibility index (Phi) is 26.7. The predicted molar refractivity (Wildman–Crippen MR) is 359 cm³/mol. The normalized spacial score (nSPS) is 57.0. The third-order valence-electron chi connectivity index (χ3n) is 27.7. The van der Waals surface area contributed by atoms with Crippen LogP contribution < -0.4 is 0 Å². The Balaban J connectivity index is 0.705. The molecule has 39 heteroatoms. The minimum atomic E-state index is -2.30. The minimum Gasteiger partial charge on any atom is -0.394 e. The molecule has 39 nitrogen and oxygen atoms in total. The van der Waals surface area contributed by atoms with Crippen LogP contribution in [0.15, 0.2) is 0 Å². The van der Waals surface area contributed by atoms with Gasteiger partial charge in [0.1, 0.15) is 171 Å². The molecule has 111 heavy (non-hydrogen) atoms. The number of aliphatic hydroxyl groups is 21.